The molecule has 0 amide bonds. The van der Waals surface area contributed by atoms with Gasteiger partial charge in [0.25, 0.3) is 0 Å². The highest BCUT2D eigenvalue weighted by atomic mass is 127. The lowest BCUT2D eigenvalue weighted by atomic mass is 10.3. The van der Waals surface area contributed by atoms with E-state index < -0.39 is 0 Å². The molecule has 2 N–H and O–H groups in total. The smallest absolute Gasteiger partial charge is 0.191 e. The number of imidazole rings is 1. The molecule has 0 aliphatic rings. The number of aryl methyl sites for hydroxylation is 1. The second-order valence-corrected chi connectivity index (χ2v) is 5.91. The second-order valence-electron chi connectivity index (χ2n) is 5.91. The fourth-order valence-electron chi connectivity index (χ4n) is 2.69. The highest BCUT2D eigenvalue weighted by Crippen LogP contribution is 2.13. The standard InChI is InChI=1S/C19H25N5O2.HI/c1-20-19(21-10-6-11-25-14-15-7-5-12-26-15)22-13-18-23-16-8-3-4-9-17(16)24(18)2;/h3-5,7-9,12H,6,10-11,13-14H2,1-2H3,(H2,20,21,22);1H. The Morgan fingerprint density at radius 2 is 2.07 bits per heavy atom. The fraction of sp³-hybridized carbons (Fsp3) is 0.368. The molecule has 0 saturated heterocycles. The average Bonchev–Trinajstić information content (AvgIpc) is 3.29. The van der Waals surface area contributed by atoms with Gasteiger partial charge in [0.2, 0.25) is 0 Å². The number of para-hydroxylation sites is 2. The number of ether oxygens (including phenoxy) is 1. The summed E-state index contributed by atoms with van der Waals surface area (Å²) in [6.45, 7) is 2.56. The van der Waals surface area contributed by atoms with Crippen molar-refractivity contribution in [3.8, 4) is 0 Å². The minimum Gasteiger partial charge on any atom is -0.467 e. The van der Waals surface area contributed by atoms with Crippen LogP contribution in [0.4, 0.5) is 0 Å². The molecule has 146 valence electrons. The Kier molecular flexibility index (Phi) is 8.59. The zero-order valence-electron chi connectivity index (χ0n) is 15.6. The third kappa shape index (κ3) is 5.96. The molecule has 3 aromatic rings. The second kappa shape index (κ2) is 10.9. The van der Waals surface area contributed by atoms with Crippen LogP contribution in [0.5, 0.6) is 0 Å². The van der Waals surface area contributed by atoms with Crippen LogP contribution < -0.4 is 10.6 Å². The van der Waals surface area contributed by atoms with E-state index in [0.29, 0.717) is 19.8 Å². The highest BCUT2D eigenvalue weighted by molar-refractivity contribution is 14.0. The highest BCUT2D eigenvalue weighted by Gasteiger charge is 2.07. The van der Waals surface area contributed by atoms with Gasteiger partial charge in [-0.25, -0.2) is 4.98 Å². The van der Waals surface area contributed by atoms with Crippen molar-refractivity contribution < 1.29 is 9.15 Å². The molecule has 0 aliphatic heterocycles. The van der Waals surface area contributed by atoms with Crippen LogP contribution in [0.15, 0.2) is 52.1 Å². The van der Waals surface area contributed by atoms with Crippen LogP contribution in [-0.2, 0) is 24.9 Å². The summed E-state index contributed by atoms with van der Waals surface area (Å²) < 4.78 is 12.9. The van der Waals surface area contributed by atoms with Gasteiger partial charge in [-0.3, -0.25) is 4.99 Å². The van der Waals surface area contributed by atoms with Gasteiger partial charge in [0.05, 0.1) is 23.8 Å². The first-order valence-corrected chi connectivity index (χ1v) is 8.73. The van der Waals surface area contributed by atoms with Crippen LogP contribution in [0.3, 0.4) is 0 Å². The van der Waals surface area contributed by atoms with Crippen molar-refractivity contribution in [3.05, 3.63) is 54.2 Å². The Morgan fingerprint density at radius 1 is 1.22 bits per heavy atom. The van der Waals surface area contributed by atoms with Crippen LogP contribution in [0, 0.1) is 0 Å². The summed E-state index contributed by atoms with van der Waals surface area (Å²) in [6, 6.07) is 11.9. The third-order valence-electron chi connectivity index (χ3n) is 4.10. The molecule has 0 radical (unpaired) electrons. The average molecular weight is 483 g/mol. The number of aromatic nitrogens is 2. The zero-order valence-corrected chi connectivity index (χ0v) is 18.0. The van der Waals surface area contributed by atoms with Crippen LogP contribution in [0.2, 0.25) is 0 Å². The SMILES string of the molecule is CN=C(NCCCOCc1ccco1)NCc1nc2ccccc2n1C.I. The number of hydrogen-bond donors (Lipinski definition) is 2. The molecule has 0 atom stereocenters. The lowest BCUT2D eigenvalue weighted by Crippen LogP contribution is -2.38. The first kappa shape index (κ1) is 21.2. The fourth-order valence-corrected chi connectivity index (χ4v) is 2.69. The van der Waals surface area contributed by atoms with Gasteiger partial charge in [0.15, 0.2) is 5.96 Å². The number of fused-ring (bicyclic) bond motifs is 1. The molecule has 0 unspecified atom stereocenters. The monoisotopic (exact) mass is 483 g/mol. The van der Waals surface area contributed by atoms with E-state index in [2.05, 4.69) is 31.2 Å². The maximum Gasteiger partial charge on any atom is 0.191 e. The number of rotatable bonds is 8. The predicted octanol–water partition coefficient (Wildman–Crippen LogP) is 3.06. The van der Waals surface area contributed by atoms with Crippen LogP contribution in [-0.4, -0.2) is 35.7 Å². The van der Waals surface area contributed by atoms with E-state index in [0.717, 1.165) is 41.5 Å². The summed E-state index contributed by atoms with van der Waals surface area (Å²) in [7, 11) is 3.79. The van der Waals surface area contributed by atoms with Gasteiger partial charge in [-0.1, -0.05) is 12.1 Å². The number of halogens is 1. The molecule has 27 heavy (non-hydrogen) atoms. The van der Waals surface area contributed by atoms with Crippen LogP contribution in [0.1, 0.15) is 18.0 Å². The maximum absolute atomic E-state index is 5.56. The van der Waals surface area contributed by atoms with Crippen molar-refractivity contribution >= 4 is 41.0 Å². The van der Waals surface area contributed by atoms with E-state index in [-0.39, 0.29) is 24.0 Å². The number of nitrogens with one attached hydrogen (secondary N) is 2. The van der Waals surface area contributed by atoms with E-state index in [1.165, 1.54) is 0 Å². The maximum atomic E-state index is 5.56. The molecule has 0 spiro atoms. The molecule has 1 aromatic carbocycles. The normalized spacial score (nSPS) is 11.4. The number of benzene rings is 1. The van der Waals surface area contributed by atoms with E-state index in [4.69, 9.17) is 9.15 Å². The van der Waals surface area contributed by atoms with E-state index in [1.54, 1.807) is 13.3 Å². The molecule has 2 aromatic heterocycles. The Labute approximate surface area is 176 Å². The molecule has 7 nitrogen and oxygen atoms in total. The van der Waals surface area contributed by atoms with Crippen LogP contribution >= 0.6 is 24.0 Å². The minimum absolute atomic E-state index is 0. The van der Waals surface area contributed by atoms with Crippen molar-refractivity contribution in [1.29, 1.82) is 0 Å². The Bertz CT molecular complexity index is 845. The van der Waals surface area contributed by atoms with Gasteiger partial charge in [0, 0.05) is 27.2 Å². The van der Waals surface area contributed by atoms with Crippen molar-refractivity contribution in [3.63, 3.8) is 0 Å². The summed E-state index contributed by atoms with van der Waals surface area (Å²) in [6.07, 6.45) is 2.54. The number of hydrogen-bond acceptors (Lipinski definition) is 4. The van der Waals surface area contributed by atoms with Gasteiger partial charge in [-0.2, -0.15) is 0 Å². The lowest BCUT2D eigenvalue weighted by molar-refractivity contribution is 0.105. The Hall–Kier alpha value is -2.07. The van der Waals surface area contributed by atoms with Gasteiger partial charge in [-0.15, -0.1) is 24.0 Å². The van der Waals surface area contributed by atoms with E-state index in [1.807, 2.05) is 37.4 Å². The third-order valence-corrected chi connectivity index (χ3v) is 4.10. The van der Waals surface area contributed by atoms with Gasteiger partial charge < -0.3 is 24.4 Å². The quantitative estimate of drug-likeness (QED) is 0.223. The van der Waals surface area contributed by atoms with Gasteiger partial charge in [-0.05, 0) is 30.7 Å². The van der Waals surface area contributed by atoms with Gasteiger partial charge >= 0.3 is 0 Å². The summed E-state index contributed by atoms with van der Waals surface area (Å²) in [5.74, 6) is 2.57. The molecule has 8 heteroatoms. The molecule has 0 fully saturated rings. The van der Waals surface area contributed by atoms with Crippen molar-refractivity contribution in [1.82, 2.24) is 20.2 Å². The van der Waals surface area contributed by atoms with E-state index in [9.17, 15) is 0 Å². The molecule has 0 bridgehead atoms. The topological polar surface area (TPSA) is 76.6 Å². The summed E-state index contributed by atoms with van der Waals surface area (Å²) in [4.78, 5) is 8.90. The summed E-state index contributed by atoms with van der Waals surface area (Å²) >= 11 is 0. The Morgan fingerprint density at radius 3 is 2.81 bits per heavy atom. The molecule has 0 saturated carbocycles. The van der Waals surface area contributed by atoms with Gasteiger partial charge in [0.1, 0.15) is 18.2 Å². The predicted molar refractivity (Wildman–Crippen MR) is 117 cm³/mol. The van der Waals surface area contributed by atoms with E-state index >= 15 is 0 Å². The molecular formula is C19H26IN5O2. The first-order chi connectivity index (χ1) is 12.8. The molecule has 0 aliphatic carbocycles. The number of nitrogens with zero attached hydrogens (tertiary/aromatic N) is 3. The molecule has 2 heterocycles. The molecule has 3 rings (SSSR count). The van der Waals surface area contributed by atoms with Crippen molar-refractivity contribution in [2.24, 2.45) is 12.0 Å². The zero-order chi connectivity index (χ0) is 18.2. The van der Waals surface area contributed by atoms with Crippen molar-refractivity contribution in [2.45, 2.75) is 19.6 Å². The molecular weight excluding hydrogens is 457 g/mol. The Balaban J connectivity index is 0.00000261. The first-order valence-electron chi connectivity index (χ1n) is 8.73. The van der Waals surface area contributed by atoms with Crippen LogP contribution in [0.25, 0.3) is 11.0 Å². The van der Waals surface area contributed by atoms with Crippen molar-refractivity contribution in [2.75, 3.05) is 20.2 Å². The summed E-state index contributed by atoms with van der Waals surface area (Å²) in [5, 5.41) is 6.59. The number of guanidine groups is 1. The largest absolute Gasteiger partial charge is 0.467 e. The summed E-state index contributed by atoms with van der Waals surface area (Å²) in [5.41, 5.74) is 2.13. The number of furan rings is 1. The number of aliphatic imine (C=N–C) groups is 1. The minimum atomic E-state index is 0. The lowest BCUT2D eigenvalue weighted by Gasteiger charge is -2.12.